The quantitative estimate of drug-likeness (QED) is 0.400. The second kappa shape index (κ2) is 9.56. The average molecular weight is 453 g/mol. The Kier molecular flexibility index (Phi) is 6.39. The monoisotopic (exact) mass is 453 g/mol. The second-order valence-electron chi connectivity index (χ2n) is 7.09. The van der Waals surface area contributed by atoms with Crippen molar-refractivity contribution in [2.45, 2.75) is 13.3 Å². The van der Waals surface area contributed by atoms with Crippen LogP contribution in [0.25, 0.3) is 17.3 Å². The van der Waals surface area contributed by atoms with E-state index in [1.807, 2.05) is 0 Å². The van der Waals surface area contributed by atoms with Gasteiger partial charge < -0.3 is 33.3 Å². The lowest BCUT2D eigenvalue weighted by atomic mass is 9.99. The molecular formula is C24H23NO8. The van der Waals surface area contributed by atoms with E-state index in [4.69, 9.17) is 28.2 Å². The van der Waals surface area contributed by atoms with Crippen LogP contribution in [0.15, 0.2) is 46.7 Å². The van der Waals surface area contributed by atoms with E-state index in [9.17, 15) is 9.90 Å². The molecule has 1 aliphatic heterocycles. The lowest BCUT2D eigenvalue weighted by molar-refractivity contribution is -0.138. The van der Waals surface area contributed by atoms with Gasteiger partial charge in [-0.3, -0.25) is 0 Å². The summed E-state index contributed by atoms with van der Waals surface area (Å²) in [6.07, 6.45) is 3.21. The Labute approximate surface area is 190 Å². The Morgan fingerprint density at radius 2 is 1.94 bits per heavy atom. The van der Waals surface area contributed by atoms with Crippen LogP contribution in [0.4, 0.5) is 0 Å². The minimum absolute atomic E-state index is 0.0342. The SMILES string of the molecule is CCOC(=O)C(=Cc1conc1-c1ccc(OC)cc1O)Cc1cc2c(cc1OC)OCO2. The van der Waals surface area contributed by atoms with Crippen molar-refractivity contribution < 1.29 is 38.1 Å². The number of nitrogens with zero attached hydrogens (tertiary/aromatic N) is 1. The van der Waals surface area contributed by atoms with Gasteiger partial charge in [0.05, 0.1) is 20.8 Å². The second-order valence-corrected chi connectivity index (χ2v) is 7.09. The number of hydrogen-bond acceptors (Lipinski definition) is 9. The van der Waals surface area contributed by atoms with Gasteiger partial charge in [0.25, 0.3) is 0 Å². The van der Waals surface area contributed by atoms with E-state index in [1.165, 1.54) is 19.4 Å². The van der Waals surface area contributed by atoms with E-state index in [1.54, 1.807) is 44.4 Å². The summed E-state index contributed by atoms with van der Waals surface area (Å²) in [5.74, 6) is 1.67. The van der Waals surface area contributed by atoms with Crippen LogP contribution in [0.5, 0.6) is 28.7 Å². The molecule has 172 valence electrons. The maximum atomic E-state index is 12.8. The highest BCUT2D eigenvalue weighted by atomic mass is 16.7. The van der Waals surface area contributed by atoms with E-state index < -0.39 is 5.97 Å². The highest BCUT2D eigenvalue weighted by molar-refractivity contribution is 5.95. The van der Waals surface area contributed by atoms with E-state index in [0.29, 0.717) is 51.0 Å². The molecule has 0 aliphatic carbocycles. The number of carbonyl (C=O) groups excluding carboxylic acids is 1. The summed E-state index contributed by atoms with van der Waals surface area (Å²) >= 11 is 0. The highest BCUT2D eigenvalue weighted by Gasteiger charge is 2.22. The van der Waals surface area contributed by atoms with Gasteiger partial charge in [-0.2, -0.15) is 0 Å². The normalized spacial score (nSPS) is 12.5. The maximum absolute atomic E-state index is 12.8. The van der Waals surface area contributed by atoms with Crippen LogP contribution >= 0.6 is 0 Å². The molecule has 1 aliphatic rings. The van der Waals surface area contributed by atoms with E-state index in [2.05, 4.69) is 5.16 Å². The van der Waals surface area contributed by atoms with Crippen LogP contribution < -0.4 is 18.9 Å². The van der Waals surface area contributed by atoms with Gasteiger partial charge in [0, 0.05) is 40.8 Å². The molecule has 0 amide bonds. The number of phenols is 1. The van der Waals surface area contributed by atoms with Gasteiger partial charge >= 0.3 is 5.97 Å². The molecule has 0 bridgehead atoms. The fourth-order valence-electron chi connectivity index (χ4n) is 3.48. The first-order chi connectivity index (χ1) is 16.0. The van der Waals surface area contributed by atoms with E-state index >= 15 is 0 Å². The number of phenolic OH excluding ortho intramolecular Hbond substituents is 1. The van der Waals surface area contributed by atoms with E-state index in [-0.39, 0.29) is 25.6 Å². The summed E-state index contributed by atoms with van der Waals surface area (Å²) in [5, 5.41) is 14.4. The molecule has 0 unspecified atom stereocenters. The largest absolute Gasteiger partial charge is 0.507 e. The molecule has 4 rings (SSSR count). The molecule has 3 aromatic rings. The zero-order valence-corrected chi connectivity index (χ0v) is 18.4. The number of aromatic nitrogens is 1. The molecular weight excluding hydrogens is 430 g/mol. The summed E-state index contributed by atoms with van der Waals surface area (Å²) in [4.78, 5) is 12.8. The van der Waals surface area contributed by atoms with Crippen molar-refractivity contribution in [1.29, 1.82) is 0 Å². The Morgan fingerprint density at radius 1 is 1.15 bits per heavy atom. The van der Waals surface area contributed by atoms with Crippen LogP contribution in [0.1, 0.15) is 18.1 Å². The van der Waals surface area contributed by atoms with Gasteiger partial charge in [-0.05, 0) is 31.2 Å². The molecule has 0 saturated heterocycles. The van der Waals surface area contributed by atoms with Gasteiger partial charge in [0.15, 0.2) is 11.5 Å². The lowest BCUT2D eigenvalue weighted by Gasteiger charge is -2.12. The molecule has 9 heteroatoms. The van der Waals surface area contributed by atoms with Gasteiger partial charge in [-0.15, -0.1) is 0 Å². The third kappa shape index (κ3) is 4.57. The van der Waals surface area contributed by atoms with Crippen molar-refractivity contribution in [2.75, 3.05) is 27.6 Å². The number of benzene rings is 2. The highest BCUT2D eigenvalue weighted by Crippen LogP contribution is 2.39. The fraction of sp³-hybridized carbons (Fsp3) is 0.250. The average Bonchev–Trinajstić information content (AvgIpc) is 3.47. The standard InChI is InChI=1S/C24H23NO8/c1-4-30-24(27)15(7-14-9-21-22(32-13-31-21)11-20(14)29-3)8-16-12-33-25-23(16)18-6-5-17(28-2)10-19(18)26/h5-6,8-12,26H,4,7,13H2,1-3H3. The smallest absolute Gasteiger partial charge is 0.334 e. The Bertz CT molecular complexity index is 1200. The van der Waals surface area contributed by atoms with Crippen molar-refractivity contribution in [3.8, 4) is 40.0 Å². The van der Waals surface area contributed by atoms with Crippen LogP contribution in [-0.4, -0.2) is 43.9 Å². The molecule has 0 spiro atoms. The van der Waals surface area contributed by atoms with Crippen molar-refractivity contribution >= 4 is 12.0 Å². The van der Waals surface area contributed by atoms with Gasteiger partial charge in [-0.25, -0.2) is 4.79 Å². The number of hydrogen-bond donors (Lipinski definition) is 1. The Balaban J connectivity index is 1.74. The molecule has 2 heterocycles. The minimum Gasteiger partial charge on any atom is -0.507 e. The topological polar surface area (TPSA) is 109 Å². The van der Waals surface area contributed by atoms with Gasteiger partial charge in [0.2, 0.25) is 6.79 Å². The van der Waals surface area contributed by atoms with Crippen LogP contribution in [0.3, 0.4) is 0 Å². The van der Waals surface area contributed by atoms with Crippen molar-refractivity contribution in [2.24, 2.45) is 0 Å². The van der Waals surface area contributed by atoms with Crippen LogP contribution in [-0.2, 0) is 16.0 Å². The number of esters is 1. The molecule has 0 atom stereocenters. The summed E-state index contributed by atoms with van der Waals surface area (Å²) in [6.45, 7) is 2.07. The van der Waals surface area contributed by atoms with Crippen molar-refractivity contribution in [1.82, 2.24) is 5.16 Å². The first kappa shape index (κ1) is 22.1. The number of methoxy groups -OCH3 is 2. The summed E-state index contributed by atoms with van der Waals surface area (Å²) in [5.41, 5.74) is 2.35. The maximum Gasteiger partial charge on any atom is 0.334 e. The minimum atomic E-state index is -0.497. The molecule has 0 saturated carbocycles. The number of ether oxygens (including phenoxy) is 5. The number of carbonyl (C=O) groups is 1. The zero-order valence-electron chi connectivity index (χ0n) is 18.4. The number of fused-ring (bicyclic) bond motifs is 1. The molecule has 1 aromatic heterocycles. The predicted octanol–water partition coefficient (Wildman–Crippen LogP) is 3.98. The van der Waals surface area contributed by atoms with Gasteiger partial charge in [-0.1, -0.05) is 5.16 Å². The molecule has 2 aromatic carbocycles. The third-order valence-electron chi connectivity index (χ3n) is 5.08. The molecule has 0 fully saturated rings. The third-order valence-corrected chi connectivity index (χ3v) is 5.08. The van der Waals surface area contributed by atoms with Crippen LogP contribution in [0, 0.1) is 0 Å². The van der Waals surface area contributed by atoms with Crippen molar-refractivity contribution in [3.63, 3.8) is 0 Å². The summed E-state index contributed by atoms with van der Waals surface area (Å²) in [7, 11) is 3.05. The van der Waals surface area contributed by atoms with Gasteiger partial charge in [0.1, 0.15) is 29.2 Å². The number of aromatic hydroxyl groups is 1. The fourth-order valence-corrected chi connectivity index (χ4v) is 3.48. The molecule has 0 radical (unpaired) electrons. The first-order valence-corrected chi connectivity index (χ1v) is 10.2. The molecule has 9 nitrogen and oxygen atoms in total. The lowest BCUT2D eigenvalue weighted by Crippen LogP contribution is -2.10. The molecule has 33 heavy (non-hydrogen) atoms. The Morgan fingerprint density at radius 3 is 2.64 bits per heavy atom. The molecule has 1 N–H and O–H groups in total. The summed E-state index contributed by atoms with van der Waals surface area (Å²) < 4.78 is 31.9. The Hall–Kier alpha value is -4.14. The zero-order chi connectivity index (χ0) is 23.4. The predicted molar refractivity (Wildman–Crippen MR) is 118 cm³/mol. The number of rotatable bonds is 8. The first-order valence-electron chi connectivity index (χ1n) is 10.2. The van der Waals surface area contributed by atoms with Crippen molar-refractivity contribution in [3.05, 3.63) is 53.3 Å². The summed E-state index contributed by atoms with van der Waals surface area (Å²) in [6, 6.07) is 8.33. The van der Waals surface area contributed by atoms with Crippen LogP contribution in [0.2, 0.25) is 0 Å². The van der Waals surface area contributed by atoms with E-state index in [0.717, 1.165) is 0 Å².